The number of anilines is 1. The van der Waals surface area contributed by atoms with E-state index in [0.717, 1.165) is 54.0 Å². The van der Waals surface area contributed by atoms with Crippen LogP contribution in [0, 0.1) is 26.7 Å². The van der Waals surface area contributed by atoms with E-state index in [-0.39, 0.29) is 32.5 Å². The van der Waals surface area contributed by atoms with Crippen LogP contribution in [0.3, 0.4) is 0 Å². The smallest absolute Gasteiger partial charge is 0.281 e. The Hall–Kier alpha value is -3.46. The SMILES string of the molecule is CCC1CCC(c2ccc(C(=O)NS(=O)(=O)c3cccc(N)n3)c(Oc3c(C)cc(C)cc3C)n2)CC1.[HH].[HH].[HH]. The Labute approximate surface area is 223 Å². The summed E-state index contributed by atoms with van der Waals surface area (Å²) >= 11 is 0. The average molecular weight is 529 g/mol. The minimum atomic E-state index is -4.26. The van der Waals surface area contributed by atoms with E-state index in [9.17, 15) is 13.2 Å². The zero-order valence-electron chi connectivity index (χ0n) is 21.7. The first-order valence-corrected chi connectivity index (χ1v) is 14.1. The Balaban J connectivity index is 0.00000267. The van der Waals surface area contributed by atoms with Crippen molar-refractivity contribution in [2.75, 3.05) is 5.73 Å². The Kier molecular flexibility index (Phi) is 7.82. The molecule has 3 aromatic rings. The Morgan fingerprint density at radius 1 is 1.05 bits per heavy atom. The first-order chi connectivity index (χ1) is 17.6. The van der Waals surface area contributed by atoms with Crippen molar-refractivity contribution in [1.82, 2.24) is 14.7 Å². The number of nitrogen functional groups attached to an aromatic ring is 1. The van der Waals surface area contributed by atoms with Gasteiger partial charge in [-0.25, -0.2) is 14.7 Å². The number of nitrogens with two attached hydrogens (primary N) is 1. The number of benzene rings is 1. The fourth-order valence-electron chi connectivity index (χ4n) is 5.03. The van der Waals surface area contributed by atoms with Crippen LogP contribution in [0.2, 0.25) is 0 Å². The average Bonchev–Trinajstić information content (AvgIpc) is 2.86. The maximum Gasteiger partial charge on any atom is 0.281 e. The summed E-state index contributed by atoms with van der Waals surface area (Å²) in [6.45, 7) is 8.09. The molecule has 37 heavy (non-hydrogen) atoms. The number of nitrogens with zero attached hydrogens (tertiary/aromatic N) is 2. The molecule has 4 rings (SSSR count). The number of nitrogens with one attached hydrogen (secondary N) is 1. The third kappa shape index (κ3) is 6.10. The van der Waals surface area contributed by atoms with Gasteiger partial charge >= 0.3 is 0 Å². The van der Waals surface area contributed by atoms with Crippen molar-refractivity contribution in [2.24, 2.45) is 5.92 Å². The lowest BCUT2D eigenvalue weighted by molar-refractivity contribution is 0.0978. The molecule has 9 heteroatoms. The van der Waals surface area contributed by atoms with E-state index in [0.29, 0.717) is 5.75 Å². The first kappa shape index (κ1) is 26.6. The summed E-state index contributed by atoms with van der Waals surface area (Å²) in [6, 6.07) is 11.6. The number of hydrogen-bond donors (Lipinski definition) is 2. The van der Waals surface area contributed by atoms with Gasteiger partial charge in [-0.3, -0.25) is 4.79 Å². The van der Waals surface area contributed by atoms with E-state index in [1.54, 1.807) is 12.1 Å². The molecule has 2 aromatic heterocycles. The third-order valence-corrected chi connectivity index (χ3v) is 8.25. The number of aromatic nitrogens is 2. The Morgan fingerprint density at radius 3 is 2.35 bits per heavy atom. The number of rotatable bonds is 7. The second-order valence-electron chi connectivity index (χ2n) is 9.88. The minimum absolute atomic E-state index is 0. The highest BCUT2D eigenvalue weighted by molar-refractivity contribution is 7.90. The predicted octanol–water partition coefficient (Wildman–Crippen LogP) is 6.32. The summed E-state index contributed by atoms with van der Waals surface area (Å²) in [5.74, 6) is 0.866. The summed E-state index contributed by atoms with van der Waals surface area (Å²) in [7, 11) is -4.26. The Bertz CT molecular complexity index is 1410. The van der Waals surface area contributed by atoms with Crippen molar-refractivity contribution in [3.05, 3.63) is 70.4 Å². The van der Waals surface area contributed by atoms with Crippen LogP contribution in [0.15, 0.2) is 47.5 Å². The predicted molar refractivity (Wildman–Crippen MR) is 150 cm³/mol. The van der Waals surface area contributed by atoms with Crippen molar-refractivity contribution in [2.45, 2.75) is 70.7 Å². The number of aryl methyl sites for hydroxylation is 3. The number of amides is 1. The van der Waals surface area contributed by atoms with Crippen LogP contribution in [-0.2, 0) is 10.0 Å². The summed E-state index contributed by atoms with van der Waals surface area (Å²) < 4.78 is 34.0. The van der Waals surface area contributed by atoms with E-state index < -0.39 is 15.9 Å². The molecule has 0 radical (unpaired) electrons. The normalized spacial score (nSPS) is 17.8. The summed E-state index contributed by atoms with van der Waals surface area (Å²) in [4.78, 5) is 21.9. The molecule has 0 bridgehead atoms. The molecule has 2 heterocycles. The molecule has 0 atom stereocenters. The van der Waals surface area contributed by atoms with Gasteiger partial charge in [0.2, 0.25) is 5.88 Å². The second-order valence-corrected chi connectivity index (χ2v) is 11.5. The van der Waals surface area contributed by atoms with Gasteiger partial charge in [-0.1, -0.05) is 37.1 Å². The molecule has 1 aliphatic carbocycles. The highest BCUT2D eigenvalue weighted by Gasteiger charge is 2.27. The fourth-order valence-corrected chi connectivity index (χ4v) is 5.98. The molecule has 202 valence electrons. The molecule has 8 nitrogen and oxygen atoms in total. The standard InChI is InChI=1S/C28H34N4O4S.3H2/c1-5-20-9-11-21(12-10-20)23-14-13-22(27(33)32-37(34,35)25-8-6-7-24(29)31-25)28(30-23)36-26-18(3)15-17(2)16-19(26)4;;;/h6-8,13-16,20-21H,5,9-12H2,1-4H3,(H2,29,31)(H,32,33);3*1H. The zero-order chi connectivity index (χ0) is 26.7. The molecule has 1 saturated carbocycles. The summed E-state index contributed by atoms with van der Waals surface area (Å²) in [5.41, 5.74) is 9.40. The van der Waals surface area contributed by atoms with Gasteiger partial charge in [-0.2, -0.15) is 8.42 Å². The van der Waals surface area contributed by atoms with Crippen molar-refractivity contribution in [3.8, 4) is 11.6 Å². The molecular formula is C28H40N4O4S. The van der Waals surface area contributed by atoms with Gasteiger partial charge in [0.25, 0.3) is 15.9 Å². The molecule has 1 aliphatic rings. The highest BCUT2D eigenvalue weighted by atomic mass is 32.2. The van der Waals surface area contributed by atoms with Crippen LogP contribution < -0.4 is 15.2 Å². The molecule has 1 fully saturated rings. The lowest BCUT2D eigenvalue weighted by atomic mass is 9.79. The van der Waals surface area contributed by atoms with Gasteiger partial charge in [0.1, 0.15) is 17.1 Å². The maximum atomic E-state index is 13.3. The lowest BCUT2D eigenvalue weighted by Crippen LogP contribution is -2.31. The van der Waals surface area contributed by atoms with Gasteiger partial charge in [-0.05, 0) is 87.8 Å². The van der Waals surface area contributed by atoms with Gasteiger partial charge < -0.3 is 10.5 Å². The molecule has 1 aromatic carbocycles. The highest BCUT2D eigenvalue weighted by Crippen LogP contribution is 2.38. The van der Waals surface area contributed by atoms with Crippen molar-refractivity contribution in [3.63, 3.8) is 0 Å². The third-order valence-electron chi connectivity index (χ3n) is 7.02. The quantitative estimate of drug-likeness (QED) is 0.368. The number of pyridine rings is 2. The molecular weight excluding hydrogens is 488 g/mol. The van der Waals surface area contributed by atoms with Crippen LogP contribution in [-0.4, -0.2) is 24.3 Å². The van der Waals surface area contributed by atoms with E-state index in [1.807, 2.05) is 32.9 Å². The number of carbonyl (C=O) groups is 1. The number of sulfonamides is 1. The van der Waals surface area contributed by atoms with E-state index >= 15 is 0 Å². The van der Waals surface area contributed by atoms with Gasteiger partial charge in [0, 0.05) is 15.9 Å². The van der Waals surface area contributed by atoms with E-state index in [4.69, 9.17) is 15.5 Å². The second kappa shape index (κ2) is 10.9. The zero-order valence-corrected chi connectivity index (χ0v) is 22.6. The van der Waals surface area contributed by atoms with Crippen LogP contribution in [0.1, 0.15) is 82.0 Å². The topological polar surface area (TPSA) is 124 Å². The van der Waals surface area contributed by atoms with Crippen molar-refractivity contribution >= 4 is 21.7 Å². The summed E-state index contributed by atoms with van der Waals surface area (Å²) in [5, 5.41) is -0.342. The summed E-state index contributed by atoms with van der Waals surface area (Å²) in [6.07, 6.45) is 5.50. The maximum absolute atomic E-state index is 13.3. The number of carbonyl (C=O) groups excluding carboxylic acids is 1. The first-order valence-electron chi connectivity index (χ1n) is 12.6. The van der Waals surface area contributed by atoms with Crippen molar-refractivity contribution in [1.29, 1.82) is 0 Å². The molecule has 0 aliphatic heterocycles. The molecule has 3 N–H and O–H groups in total. The van der Waals surface area contributed by atoms with Crippen LogP contribution in [0.4, 0.5) is 5.82 Å². The van der Waals surface area contributed by atoms with Crippen LogP contribution in [0.5, 0.6) is 11.6 Å². The van der Waals surface area contributed by atoms with Gasteiger partial charge in [0.15, 0.2) is 5.03 Å². The van der Waals surface area contributed by atoms with E-state index in [2.05, 4.69) is 16.6 Å². The van der Waals surface area contributed by atoms with Gasteiger partial charge in [0.05, 0.1) is 0 Å². The van der Waals surface area contributed by atoms with Crippen LogP contribution >= 0.6 is 0 Å². The van der Waals surface area contributed by atoms with Crippen LogP contribution in [0.25, 0.3) is 0 Å². The number of hydrogen-bond acceptors (Lipinski definition) is 7. The monoisotopic (exact) mass is 528 g/mol. The minimum Gasteiger partial charge on any atom is -0.438 e. The molecule has 0 saturated heterocycles. The largest absolute Gasteiger partial charge is 0.438 e. The lowest BCUT2D eigenvalue weighted by Gasteiger charge is -2.27. The van der Waals surface area contributed by atoms with E-state index in [1.165, 1.54) is 24.6 Å². The fraction of sp³-hybridized carbons (Fsp3) is 0.393. The van der Waals surface area contributed by atoms with Gasteiger partial charge in [-0.15, -0.1) is 0 Å². The molecule has 1 amide bonds. The Morgan fingerprint density at radius 2 is 1.73 bits per heavy atom. The van der Waals surface area contributed by atoms with Crippen molar-refractivity contribution < 1.29 is 22.2 Å². The molecule has 0 unspecified atom stereocenters. The number of ether oxygens (including phenoxy) is 1. The molecule has 0 spiro atoms.